The van der Waals surface area contributed by atoms with E-state index in [1.165, 1.54) is 23.1 Å². The standard InChI is InChI=1S/C22H24FN3O4/c1-14(2)12-29-15(3)26-13-24-22(25-26)21(28)20(27)11-19-9-8-18(30-19)10-16-4-6-17(23)7-5-16/h4-9,13-15H,10-12H2,1-3H3. The molecule has 0 radical (unpaired) electrons. The minimum Gasteiger partial charge on any atom is -0.465 e. The van der Waals surface area contributed by atoms with Crippen LogP contribution in [0.1, 0.15) is 54.7 Å². The van der Waals surface area contributed by atoms with Gasteiger partial charge in [0, 0.05) is 6.42 Å². The van der Waals surface area contributed by atoms with Crippen LogP contribution in [0.15, 0.2) is 47.1 Å². The van der Waals surface area contributed by atoms with Gasteiger partial charge in [0.1, 0.15) is 29.9 Å². The number of hydrogen-bond acceptors (Lipinski definition) is 6. The summed E-state index contributed by atoms with van der Waals surface area (Å²) < 4.78 is 25.7. The lowest BCUT2D eigenvalue weighted by molar-refractivity contribution is -0.114. The van der Waals surface area contributed by atoms with Gasteiger partial charge in [-0.3, -0.25) is 9.59 Å². The van der Waals surface area contributed by atoms with E-state index >= 15 is 0 Å². The van der Waals surface area contributed by atoms with E-state index in [-0.39, 0.29) is 18.1 Å². The Bertz CT molecular complexity index is 1010. The topological polar surface area (TPSA) is 87.2 Å². The van der Waals surface area contributed by atoms with Gasteiger partial charge in [-0.15, -0.1) is 5.10 Å². The van der Waals surface area contributed by atoms with E-state index < -0.39 is 17.8 Å². The molecule has 0 bridgehead atoms. The maximum Gasteiger partial charge on any atom is 0.268 e. The number of furan rings is 1. The molecule has 1 unspecified atom stereocenters. The third-order valence-corrected chi connectivity index (χ3v) is 4.35. The zero-order valence-corrected chi connectivity index (χ0v) is 17.2. The Morgan fingerprint density at radius 2 is 1.80 bits per heavy atom. The smallest absolute Gasteiger partial charge is 0.268 e. The number of rotatable bonds is 10. The maximum atomic E-state index is 13.0. The second-order valence-electron chi connectivity index (χ2n) is 7.48. The molecular weight excluding hydrogens is 389 g/mol. The van der Waals surface area contributed by atoms with Crippen LogP contribution in [0.5, 0.6) is 0 Å². The van der Waals surface area contributed by atoms with Crippen LogP contribution in [0.2, 0.25) is 0 Å². The number of nitrogens with zero attached hydrogens (tertiary/aromatic N) is 3. The third-order valence-electron chi connectivity index (χ3n) is 4.35. The number of aromatic nitrogens is 3. The van der Waals surface area contributed by atoms with E-state index in [2.05, 4.69) is 10.1 Å². The maximum absolute atomic E-state index is 13.0. The Morgan fingerprint density at radius 3 is 2.50 bits per heavy atom. The molecule has 0 spiro atoms. The van der Waals surface area contributed by atoms with Crippen LogP contribution in [0.3, 0.4) is 0 Å². The van der Waals surface area contributed by atoms with Gasteiger partial charge in [0.2, 0.25) is 11.6 Å². The molecule has 3 rings (SSSR count). The number of ketones is 2. The number of carbonyl (C=O) groups excluding carboxylic acids is 2. The first-order valence-electron chi connectivity index (χ1n) is 9.74. The molecule has 1 atom stereocenters. The Labute approximate surface area is 173 Å². The van der Waals surface area contributed by atoms with Crippen LogP contribution in [-0.4, -0.2) is 32.9 Å². The molecule has 2 heterocycles. The molecule has 0 aliphatic carbocycles. The van der Waals surface area contributed by atoms with E-state index in [1.807, 2.05) is 13.8 Å². The molecule has 7 nitrogen and oxygen atoms in total. The van der Waals surface area contributed by atoms with Gasteiger partial charge in [0.15, 0.2) is 0 Å². The van der Waals surface area contributed by atoms with E-state index in [0.717, 1.165) is 5.56 Å². The van der Waals surface area contributed by atoms with Gasteiger partial charge in [0.05, 0.1) is 13.0 Å². The van der Waals surface area contributed by atoms with Crippen molar-refractivity contribution in [1.29, 1.82) is 0 Å². The van der Waals surface area contributed by atoms with Crippen molar-refractivity contribution < 1.29 is 23.1 Å². The molecule has 30 heavy (non-hydrogen) atoms. The van der Waals surface area contributed by atoms with Crippen molar-refractivity contribution in [2.75, 3.05) is 6.61 Å². The quantitative estimate of drug-likeness (QED) is 0.371. The Morgan fingerprint density at radius 1 is 1.10 bits per heavy atom. The second-order valence-corrected chi connectivity index (χ2v) is 7.48. The van der Waals surface area contributed by atoms with Crippen LogP contribution in [0, 0.1) is 11.7 Å². The summed E-state index contributed by atoms with van der Waals surface area (Å²) in [5.41, 5.74) is 0.878. The number of hydrogen-bond donors (Lipinski definition) is 0. The third kappa shape index (κ3) is 5.70. The predicted molar refractivity (Wildman–Crippen MR) is 106 cm³/mol. The molecule has 158 valence electrons. The van der Waals surface area contributed by atoms with E-state index in [0.29, 0.717) is 30.5 Å². The molecule has 0 saturated heterocycles. The van der Waals surface area contributed by atoms with E-state index in [9.17, 15) is 14.0 Å². The normalized spacial score (nSPS) is 12.3. The molecule has 2 aromatic heterocycles. The minimum atomic E-state index is -0.777. The van der Waals surface area contributed by atoms with Crippen LogP contribution in [-0.2, 0) is 22.4 Å². The van der Waals surface area contributed by atoms with E-state index in [4.69, 9.17) is 9.15 Å². The number of benzene rings is 1. The summed E-state index contributed by atoms with van der Waals surface area (Å²) in [6.45, 7) is 6.39. The summed E-state index contributed by atoms with van der Waals surface area (Å²) >= 11 is 0. The summed E-state index contributed by atoms with van der Waals surface area (Å²) in [6.07, 6.45) is 1.26. The fourth-order valence-electron chi connectivity index (χ4n) is 2.74. The summed E-state index contributed by atoms with van der Waals surface area (Å²) in [6, 6.07) is 9.47. The number of halogens is 1. The van der Waals surface area contributed by atoms with Gasteiger partial charge >= 0.3 is 0 Å². The fraction of sp³-hybridized carbons (Fsp3) is 0.364. The lowest BCUT2D eigenvalue weighted by Crippen LogP contribution is -2.19. The van der Waals surface area contributed by atoms with Crippen molar-refractivity contribution in [3.63, 3.8) is 0 Å². The molecule has 3 aromatic rings. The lowest BCUT2D eigenvalue weighted by atomic mass is 10.1. The number of carbonyl (C=O) groups is 2. The van der Waals surface area contributed by atoms with Crippen molar-refractivity contribution in [1.82, 2.24) is 14.8 Å². The first-order chi connectivity index (χ1) is 14.3. The first-order valence-corrected chi connectivity index (χ1v) is 9.74. The molecule has 0 saturated carbocycles. The summed E-state index contributed by atoms with van der Waals surface area (Å²) in [4.78, 5) is 28.7. The summed E-state index contributed by atoms with van der Waals surface area (Å²) in [5, 5.41) is 4.07. The van der Waals surface area contributed by atoms with Crippen molar-refractivity contribution in [2.24, 2.45) is 5.92 Å². The zero-order chi connectivity index (χ0) is 21.7. The van der Waals surface area contributed by atoms with E-state index in [1.54, 1.807) is 31.2 Å². The minimum absolute atomic E-state index is 0.168. The van der Waals surface area contributed by atoms with Crippen LogP contribution >= 0.6 is 0 Å². The Kier molecular flexibility index (Phi) is 6.89. The second kappa shape index (κ2) is 9.58. The Hall–Kier alpha value is -3.13. The van der Waals surface area contributed by atoms with Gasteiger partial charge in [-0.05, 0) is 42.7 Å². The van der Waals surface area contributed by atoms with Gasteiger partial charge in [-0.2, -0.15) is 0 Å². The van der Waals surface area contributed by atoms with Crippen molar-refractivity contribution in [2.45, 2.75) is 39.8 Å². The van der Waals surface area contributed by atoms with Crippen LogP contribution < -0.4 is 0 Å². The van der Waals surface area contributed by atoms with Crippen LogP contribution in [0.4, 0.5) is 4.39 Å². The van der Waals surface area contributed by atoms with Gasteiger partial charge < -0.3 is 9.15 Å². The van der Waals surface area contributed by atoms with Gasteiger partial charge in [0.25, 0.3) is 5.78 Å². The average molecular weight is 413 g/mol. The largest absolute Gasteiger partial charge is 0.465 e. The molecule has 0 fully saturated rings. The van der Waals surface area contributed by atoms with Crippen molar-refractivity contribution >= 4 is 11.6 Å². The molecule has 0 N–H and O–H groups in total. The molecule has 8 heteroatoms. The number of ether oxygens (including phenoxy) is 1. The average Bonchev–Trinajstić information content (AvgIpc) is 3.37. The van der Waals surface area contributed by atoms with Crippen LogP contribution in [0.25, 0.3) is 0 Å². The highest BCUT2D eigenvalue weighted by molar-refractivity contribution is 6.42. The van der Waals surface area contributed by atoms with Crippen molar-refractivity contribution in [3.05, 3.63) is 71.5 Å². The SMILES string of the molecule is CC(C)COC(C)n1cnc(C(=O)C(=O)Cc2ccc(Cc3ccc(F)cc3)o2)n1. The molecule has 1 aromatic carbocycles. The summed E-state index contributed by atoms with van der Waals surface area (Å²) in [7, 11) is 0. The van der Waals surface area contributed by atoms with Gasteiger partial charge in [-0.1, -0.05) is 26.0 Å². The Balaban J connectivity index is 1.58. The van der Waals surface area contributed by atoms with Crippen molar-refractivity contribution in [3.8, 4) is 0 Å². The summed E-state index contributed by atoms with van der Waals surface area (Å²) in [5.74, 6) is -0.556. The highest BCUT2D eigenvalue weighted by Gasteiger charge is 2.23. The number of Topliss-reactive ketones (excluding diaryl/α,β-unsaturated/α-hetero) is 2. The zero-order valence-electron chi connectivity index (χ0n) is 17.2. The monoisotopic (exact) mass is 413 g/mol. The highest BCUT2D eigenvalue weighted by Crippen LogP contribution is 2.15. The molecule has 0 aliphatic heterocycles. The predicted octanol–water partition coefficient (Wildman–Crippen LogP) is 3.79. The first kappa shape index (κ1) is 21.6. The fourth-order valence-corrected chi connectivity index (χ4v) is 2.74. The molecule has 0 amide bonds. The lowest BCUT2D eigenvalue weighted by Gasteiger charge is -2.14. The molecule has 0 aliphatic rings. The highest BCUT2D eigenvalue weighted by atomic mass is 19.1. The molecular formula is C22H24FN3O4. The van der Waals surface area contributed by atoms with Gasteiger partial charge in [-0.25, -0.2) is 14.1 Å².